The van der Waals surface area contributed by atoms with Gasteiger partial charge in [0.25, 0.3) is 5.91 Å². The van der Waals surface area contributed by atoms with E-state index in [4.69, 9.17) is 0 Å². The Balaban J connectivity index is 1.89. The molecule has 0 fully saturated rings. The molecule has 3 rings (SSSR count). The third-order valence-corrected chi connectivity index (χ3v) is 4.56. The van der Waals surface area contributed by atoms with Gasteiger partial charge in [-0.15, -0.1) is 0 Å². The lowest BCUT2D eigenvalue weighted by Gasteiger charge is -2.20. The Morgan fingerprint density at radius 3 is 2.46 bits per heavy atom. The van der Waals surface area contributed by atoms with Crippen LogP contribution in [0.1, 0.15) is 53.2 Å². The van der Waals surface area contributed by atoms with Crippen LogP contribution in [0.3, 0.4) is 0 Å². The number of aryl methyl sites for hydroxylation is 1. The topological polar surface area (TPSA) is 66.4 Å². The highest BCUT2D eigenvalue weighted by Gasteiger charge is 2.46. The summed E-state index contributed by atoms with van der Waals surface area (Å²) in [5.74, 6) is -0.415. The van der Waals surface area contributed by atoms with Crippen LogP contribution in [-0.4, -0.2) is 16.8 Å². The number of amides is 1. The fourth-order valence-corrected chi connectivity index (χ4v) is 3.02. The molecule has 1 heterocycles. The number of ketones is 1. The molecule has 2 N–H and O–H groups in total. The lowest BCUT2D eigenvalue weighted by atomic mass is 9.87. The number of hydrogen-bond donors (Lipinski definition) is 2. The quantitative estimate of drug-likeness (QED) is 0.846. The van der Waals surface area contributed by atoms with E-state index in [0.717, 1.165) is 11.1 Å². The Kier molecular flexibility index (Phi) is 4.01. The summed E-state index contributed by atoms with van der Waals surface area (Å²) in [5, 5.41) is 13.5. The summed E-state index contributed by atoms with van der Waals surface area (Å²) >= 11 is 0. The first-order valence-electron chi connectivity index (χ1n) is 8.09. The number of hydrogen-bond acceptors (Lipinski definition) is 3. The van der Waals surface area contributed by atoms with Gasteiger partial charge in [-0.1, -0.05) is 55.8 Å². The molecule has 0 bridgehead atoms. The highest BCUT2D eigenvalue weighted by atomic mass is 16.3. The van der Waals surface area contributed by atoms with Gasteiger partial charge in [-0.3, -0.25) is 9.59 Å². The van der Waals surface area contributed by atoms with Gasteiger partial charge in [0.1, 0.15) is 0 Å². The minimum absolute atomic E-state index is 0.252. The Bertz CT molecular complexity index is 808. The number of carbonyl (C=O) groups excluding carboxylic acids is 2. The van der Waals surface area contributed by atoms with Crippen molar-refractivity contribution < 1.29 is 14.7 Å². The predicted octanol–water partition coefficient (Wildman–Crippen LogP) is 3.53. The van der Waals surface area contributed by atoms with Crippen LogP contribution in [0.4, 0.5) is 5.69 Å². The molecule has 1 aliphatic rings. The molecule has 0 aliphatic carbocycles. The van der Waals surface area contributed by atoms with Crippen LogP contribution in [0.5, 0.6) is 0 Å². The zero-order valence-corrected chi connectivity index (χ0v) is 14.1. The molecule has 1 atom stereocenters. The first-order chi connectivity index (χ1) is 11.3. The number of nitrogens with one attached hydrogen (secondary N) is 1. The second kappa shape index (κ2) is 5.87. The van der Waals surface area contributed by atoms with Gasteiger partial charge in [-0.05, 0) is 24.5 Å². The van der Waals surface area contributed by atoms with Crippen LogP contribution in [0.2, 0.25) is 0 Å². The van der Waals surface area contributed by atoms with E-state index in [1.807, 2.05) is 25.1 Å². The number of fused-ring (bicyclic) bond motifs is 1. The molecule has 4 nitrogen and oxygen atoms in total. The summed E-state index contributed by atoms with van der Waals surface area (Å²) in [6.45, 7) is 6.05. The molecule has 4 heteroatoms. The molecular weight excluding hydrogens is 302 g/mol. The van der Waals surface area contributed by atoms with E-state index in [1.165, 1.54) is 0 Å². The molecule has 2 aromatic carbocycles. The molecule has 1 unspecified atom stereocenters. The Labute approximate surface area is 141 Å². The number of aliphatic hydroxyl groups is 1. The van der Waals surface area contributed by atoms with Crippen molar-refractivity contribution in [3.05, 3.63) is 64.7 Å². The van der Waals surface area contributed by atoms with E-state index in [2.05, 4.69) is 19.2 Å². The predicted molar refractivity (Wildman–Crippen MR) is 93.2 cm³/mol. The third kappa shape index (κ3) is 2.74. The first kappa shape index (κ1) is 16.4. The normalized spacial score (nSPS) is 19.3. The minimum atomic E-state index is -1.81. The molecular formula is C20H21NO3. The largest absolute Gasteiger partial charge is 0.375 e. The maximum atomic E-state index is 12.6. The fourth-order valence-electron chi connectivity index (χ4n) is 3.02. The lowest BCUT2D eigenvalue weighted by Crippen LogP contribution is -2.36. The molecule has 0 saturated carbocycles. The van der Waals surface area contributed by atoms with E-state index in [-0.39, 0.29) is 12.2 Å². The van der Waals surface area contributed by atoms with Crippen LogP contribution in [0.15, 0.2) is 42.5 Å². The first-order valence-corrected chi connectivity index (χ1v) is 8.09. The molecule has 0 radical (unpaired) electrons. The van der Waals surface area contributed by atoms with Gasteiger partial charge >= 0.3 is 0 Å². The molecule has 0 aromatic heterocycles. The smallest absolute Gasteiger partial charge is 0.261 e. The van der Waals surface area contributed by atoms with E-state index in [1.54, 1.807) is 24.3 Å². The number of anilines is 1. The second-order valence-electron chi connectivity index (χ2n) is 6.74. The van der Waals surface area contributed by atoms with E-state index in [0.29, 0.717) is 22.7 Å². The molecule has 1 amide bonds. The maximum absolute atomic E-state index is 12.6. The third-order valence-electron chi connectivity index (χ3n) is 4.56. The van der Waals surface area contributed by atoms with Crippen molar-refractivity contribution in [1.29, 1.82) is 0 Å². The fraction of sp³-hybridized carbons (Fsp3) is 0.300. The molecule has 2 aromatic rings. The van der Waals surface area contributed by atoms with Crippen LogP contribution < -0.4 is 5.32 Å². The Morgan fingerprint density at radius 1 is 1.17 bits per heavy atom. The lowest BCUT2D eigenvalue weighted by molar-refractivity contribution is -0.133. The maximum Gasteiger partial charge on any atom is 0.261 e. The monoisotopic (exact) mass is 323 g/mol. The van der Waals surface area contributed by atoms with Crippen LogP contribution in [-0.2, 0) is 10.4 Å². The molecule has 1 aliphatic heterocycles. The summed E-state index contributed by atoms with van der Waals surface area (Å²) in [4.78, 5) is 24.8. The molecule has 124 valence electrons. The average Bonchev–Trinajstić information content (AvgIpc) is 2.78. The highest BCUT2D eigenvalue weighted by Crippen LogP contribution is 2.39. The average molecular weight is 323 g/mol. The van der Waals surface area contributed by atoms with Gasteiger partial charge in [0.05, 0.1) is 6.42 Å². The molecule has 24 heavy (non-hydrogen) atoms. The molecule has 0 spiro atoms. The zero-order chi connectivity index (χ0) is 17.5. The van der Waals surface area contributed by atoms with Gasteiger partial charge in [0.2, 0.25) is 0 Å². The van der Waals surface area contributed by atoms with Crippen molar-refractivity contribution in [2.75, 3.05) is 5.32 Å². The van der Waals surface area contributed by atoms with Gasteiger partial charge < -0.3 is 10.4 Å². The highest BCUT2D eigenvalue weighted by molar-refractivity contribution is 6.09. The summed E-state index contributed by atoms with van der Waals surface area (Å²) in [6.07, 6.45) is -0.268. The van der Waals surface area contributed by atoms with Gasteiger partial charge in [0, 0.05) is 16.8 Å². The van der Waals surface area contributed by atoms with Crippen molar-refractivity contribution in [2.45, 2.75) is 38.7 Å². The Morgan fingerprint density at radius 2 is 1.83 bits per heavy atom. The summed E-state index contributed by atoms with van der Waals surface area (Å²) < 4.78 is 0. The summed E-state index contributed by atoms with van der Waals surface area (Å²) in [7, 11) is 0. The van der Waals surface area contributed by atoms with Gasteiger partial charge in [-0.25, -0.2) is 0 Å². The van der Waals surface area contributed by atoms with Crippen molar-refractivity contribution >= 4 is 17.4 Å². The number of benzene rings is 2. The second-order valence-corrected chi connectivity index (χ2v) is 6.74. The van der Waals surface area contributed by atoms with Crippen LogP contribution in [0, 0.1) is 6.92 Å². The molecule has 0 saturated heterocycles. The van der Waals surface area contributed by atoms with Gasteiger partial charge in [-0.2, -0.15) is 0 Å². The van der Waals surface area contributed by atoms with E-state index in [9.17, 15) is 14.7 Å². The van der Waals surface area contributed by atoms with E-state index < -0.39 is 11.5 Å². The van der Waals surface area contributed by atoms with Crippen LogP contribution in [0.25, 0.3) is 0 Å². The van der Waals surface area contributed by atoms with E-state index >= 15 is 0 Å². The SMILES string of the molecule is Cc1ccc2c(c1)C(O)(CC(=O)c1ccc(C(C)C)cc1)C(=O)N2. The Hall–Kier alpha value is -2.46. The van der Waals surface area contributed by atoms with Crippen molar-refractivity contribution in [3.63, 3.8) is 0 Å². The number of rotatable bonds is 4. The minimum Gasteiger partial charge on any atom is -0.375 e. The summed E-state index contributed by atoms with van der Waals surface area (Å²) in [5.41, 5.74) is 1.80. The summed E-state index contributed by atoms with van der Waals surface area (Å²) in [6, 6.07) is 12.7. The van der Waals surface area contributed by atoms with Crippen molar-refractivity contribution in [2.24, 2.45) is 0 Å². The van der Waals surface area contributed by atoms with Gasteiger partial charge in [0.15, 0.2) is 11.4 Å². The van der Waals surface area contributed by atoms with Crippen molar-refractivity contribution in [1.82, 2.24) is 0 Å². The van der Waals surface area contributed by atoms with Crippen LogP contribution >= 0.6 is 0 Å². The van der Waals surface area contributed by atoms with Crippen molar-refractivity contribution in [3.8, 4) is 0 Å². The standard InChI is InChI=1S/C20H21NO3/c1-12(2)14-5-7-15(8-6-14)18(22)11-20(24)16-10-13(3)4-9-17(16)21-19(20)23/h4-10,12,24H,11H2,1-3H3,(H,21,23). The zero-order valence-electron chi connectivity index (χ0n) is 14.1. The number of Topliss-reactive ketones (excluding diaryl/α,β-unsaturated/α-hetero) is 1. The number of carbonyl (C=O) groups is 2.